The smallest absolute Gasteiger partial charge is 0.413 e. The first-order valence-electron chi connectivity index (χ1n) is 13.5. The first-order chi connectivity index (χ1) is 18.8. The number of aromatic nitrogens is 2. The maximum Gasteiger partial charge on any atom is 0.413 e. The summed E-state index contributed by atoms with van der Waals surface area (Å²) in [5.41, 5.74) is -0.0123. The number of esters is 1. The molecule has 1 aromatic heterocycles. The number of ketones is 1. The van der Waals surface area contributed by atoms with Crippen molar-refractivity contribution < 1.29 is 33.3 Å². The predicted molar refractivity (Wildman–Crippen MR) is 136 cm³/mol. The Morgan fingerprint density at radius 3 is 2.85 bits per heavy atom. The van der Waals surface area contributed by atoms with Gasteiger partial charge < -0.3 is 18.9 Å². The van der Waals surface area contributed by atoms with Gasteiger partial charge in [0.1, 0.15) is 17.7 Å². The average molecular weight is 535 g/mol. The Balaban J connectivity index is 1.34. The average Bonchev–Trinajstić information content (AvgIpc) is 3.65. The molecule has 11 nitrogen and oxygen atoms in total. The molecule has 4 atom stereocenters. The van der Waals surface area contributed by atoms with Crippen LogP contribution in [0.5, 0.6) is 17.4 Å². The Bertz CT molecular complexity index is 1390. The SMILES string of the molecule is COc1cc(NC(=O)O[C@@]23CCC(=O)[C@@H]4Oc5c(OC(C)=O)ccc6c5[C@@]42CCN(CC2CC2)[C@@H]3C6)ncn1. The fraction of sp³-hybridized carbons (Fsp3) is 0.536. The molecule has 2 bridgehead atoms. The van der Waals surface area contributed by atoms with Crippen LogP contribution in [0.3, 0.4) is 0 Å². The van der Waals surface area contributed by atoms with E-state index in [9.17, 15) is 14.4 Å². The van der Waals surface area contributed by atoms with E-state index in [2.05, 4.69) is 20.2 Å². The van der Waals surface area contributed by atoms with Gasteiger partial charge >= 0.3 is 12.1 Å². The molecule has 1 N–H and O–H groups in total. The molecule has 1 aromatic carbocycles. The molecule has 1 saturated heterocycles. The molecule has 3 heterocycles. The third-order valence-electron chi connectivity index (χ3n) is 9.11. The van der Waals surface area contributed by atoms with Crippen molar-refractivity contribution in [1.82, 2.24) is 14.9 Å². The summed E-state index contributed by atoms with van der Waals surface area (Å²) >= 11 is 0. The van der Waals surface area contributed by atoms with Crippen molar-refractivity contribution in [2.24, 2.45) is 5.92 Å². The van der Waals surface area contributed by atoms with Crippen LogP contribution in [0.1, 0.15) is 50.2 Å². The summed E-state index contributed by atoms with van der Waals surface area (Å²) in [6.07, 6.45) is 4.06. The number of carbonyl (C=O) groups excluding carboxylic acids is 3. The summed E-state index contributed by atoms with van der Waals surface area (Å²) in [6.45, 7) is 3.04. The summed E-state index contributed by atoms with van der Waals surface area (Å²) in [7, 11) is 1.48. The number of ether oxygens (including phenoxy) is 4. The van der Waals surface area contributed by atoms with Gasteiger partial charge in [0.15, 0.2) is 23.4 Å². The Labute approximate surface area is 225 Å². The molecule has 2 aromatic rings. The van der Waals surface area contributed by atoms with Crippen LogP contribution >= 0.6 is 0 Å². The van der Waals surface area contributed by atoms with Crippen LogP contribution in [0.25, 0.3) is 0 Å². The second kappa shape index (κ2) is 8.64. The zero-order valence-corrected chi connectivity index (χ0v) is 21.9. The highest BCUT2D eigenvalue weighted by Crippen LogP contribution is 2.66. The first-order valence-corrected chi connectivity index (χ1v) is 13.5. The normalized spacial score (nSPS) is 30.2. The molecular weight excluding hydrogens is 504 g/mol. The van der Waals surface area contributed by atoms with Crippen molar-refractivity contribution in [2.45, 2.75) is 68.6 Å². The summed E-state index contributed by atoms with van der Waals surface area (Å²) < 4.78 is 23.6. The largest absolute Gasteiger partial charge is 0.481 e. The fourth-order valence-corrected chi connectivity index (χ4v) is 7.48. The van der Waals surface area contributed by atoms with Gasteiger partial charge in [-0.2, -0.15) is 0 Å². The van der Waals surface area contributed by atoms with Crippen molar-refractivity contribution in [3.05, 3.63) is 35.7 Å². The number of Topliss-reactive ketones (excluding diaryl/α,β-unsaturated/α-hetero) is 1. The standard InChI is InChI=1S/C28H30N4O7/c1-15(33)37-19-6-5-17-11-20-28(39-26(35)31-21-12-22(36-2)30-14-29-21)8-7-18(34)25-27(28,23(17)24(19)38-25)9-10-32(20)13-16-3-4-16/h5-6,12,14,16,20,25H,3-4,7-11,13H2,1-2H3,(H,29,30,31,35)/t20-,25+,27+,28-/m1/s1. The lowest BCUT2D eigenvalue weighted by Gasteiger charge is -2.63. The Hall–Kier alpha value is -3.73. The van der Waals surface area contributed by atoms with E-state index in [1.165, 1.54) is 39.3 Å². The third-order valence-corrected chi connectivity index (χ3v) is 9.11. The van der Waals surface area contributed by atoms with E-state index in [1.807, 2.05) is 6.07 Å². The monoisotopic (exact) mass is 534 g/mol. The lowest BCUT2D eigenvalue weighted by Crippen LogP contribution is -2.78. The molecule has 0 radical (unpaired) electrons. The number of likely N-dealkylation sites (tertiary alicyclic amines) is 1. The van der Waals surface area contributed by atoms with Gasteiger partial charge in [0.05, 0.1) is 18.6 Å². The summed E-state index contributed by atoms with van der Waals surface area (Å²) in [6, 6.07) is 5.10. The molecule has 2 saturated carbocycles. The van der Waals surface area contributed by atoms with Crippen molar-refractivity contribution in [3.8, 4) is 17.4 Å². The molecule has 11 heteroatoms. The Morgan fingerprint density at radius 1 is 1.23 bits per heavy atom. The van der Waals surface area contributed by atoms with Gasteiger partial charge in [0, 0.05) is 31.5 Å². The number of piperidine rings is 1. The van der Waals surface area contributed by atoms with Gasteiger partial charge in [-0.15, -0.1) is 0 Å². The number of hydrogen-bond acceptors (Lipinski definition) is 10. The molecule has 1 spiro atoms. The van der Waals surface area contributed by atoms with E-state index in [-0.39, 0.29) is 24.1 Å². The minimum Gasteiger partial charge on any atom is -0.481 e. The minimum atomic E-state index is -1.02. The highest BCUT2D eigenvalue weighted by Gasteiger charge is 2.75. The van der Waals surface area contributed by atoms with Crippen molar-refractivity contribution in [2.75, 3.05) is 25.5 Å². The molecule has 1 amide bonds. The molecular formula is C28H30N4O7. The van der Waals surface area contributed by atoms with Crippen LogP contribution < -0.4 is 19.5 Å². The lowest BCUT2D eigenvalue weighted by atomic mass is 9.48. The van der Waals surface area contributed by atoms with Crippen LogP contribution in [-0.2, 0) is 26.2 Å². The van der Waals surface area contributed by atoms with Crippen LogP contribution in [0, 0.1) is 5.92 Å². The van der Waals surface area contributed by atoms with E-state index in [0.717, 1.165) is 24.2 Å². The van der Waals surface area contributed by atoms with E-state index in [0.29, 0.717) is 42.6 Å². The second-order valence-corrected chi connectivity index (χ2v) is 11.2. The maximum atomic E-state index is 13.6. The van der Waals surface area contributed by atoms with Gasteiger partial charge in [-0.1, -0.05) is 6.07 Å². The van der Waals surface area contributed by atoms with Gasteiger partial charge in [0.25, 0.3) is 0 Å². The molecule has 3 fully saturated rings. The van der Waals surface area contributed by atoms with Crippen LogP contribution in [0.2, 0.25) is 0 Å². The summed E-state index contributed by atoms with van der Waals surface area (Å²) in [4.78, 5) is 49.5. The first kappa shape index (κ1) is 24.3. The number of nitrogens with zero attached hydrogens (tertiary/aromatic N) is 3. The number of methoxy groups -OCH3 is 1. The number of anilines is 1. The van der Waals surface area contributed by atoms with Crippen LogP contribution in [0.4, 0.5) is 10.6 Å². The molecule has 3 aliphatic carbocycles. The topological polar surface area (TPSA) is 129 Å². The second-order valence-electron chi connectivity index (χ2n) is 11.2. The summed E-state index contributed by atoms with van der Waals surface area (Å²) in [5.74, 6) is 1.43. The lowest BCUT2D eigenvalue weighted by molar-refractivity contribution is -0.187. The Morgan fingerprint density at radius 2 is 2.08 bits per heavy atom. The number of rotatable bonds is 6. The van der Waals surface area contributed by atoms with Crippen molar-refractivity contribution in [3.63, 3.8) is 0 Å². The van der Waals surface area contributed by atoms with Crippen molar-refractivity contribution >= 4 is 23.7 Å². The van der Waals surface area contributed by atoms with Gasteiger partial charge in [-0.3, -0.25) is 19.8 Å². The molecule has 39 heavy (non-hydrogen) atoms. The van der Waals surface area contributed by atoms with E-state index in [4.69, 9.17) is 18.9 Å². The van der Waals surface area contributed by atoms with Gasteiger partial charge in [-0.05, 0) is 56.2 Å². The fourth-order valence-electron chi connectivity index (χ4n) is 7.48. The minimum absolute atomic E-state index is 0.0256. The number of carbonyl (C=O) groups is 3. The quantitative estimate of drug-likeness (QED) is 0.436. The predicted octanol–water partition coefficient (Wildman–Crippen LogP) is 2.80. The molecule has 204 valence electrons. The number of amides is 1. The number of hydrogen-bond donors (Lipinski definition) is 1. The number of benzene rings is 1. The zero-order valence-electron chi connectivity index (χ0n) is 21.9. The van der Waals surface area contributed by atoms with Crippen LogP contribution in [0.15, 0.2) is 24.5 Å². The van der Waals surface area contributed by atoms with E-state index in [1.54, 1.807) is 6.07 Å². The molecule has 7 rings (SSSR count). The number of nitrogens with one attached hydrogen (secondary N) is 1. The molecule has 2 aliphatic heterocycles. The highest BCUT2D eigenvalue weighted by atomic mass is 16.6. The molecule has 5 aliphatic rings. The summed E-state index contributed by atoms with van der Waals surface area (Å²) in [5, 5.41) is 2.74. The third kappa shape index (κ3) is 3.55. The highest BCUT2D eigenvalue weighted by molar-refractivity contribution is 5.91. The van der Waals surface area contributed by atoms with Crippen LogP contribution in [-0.4, -0.2) is 70.7 Å². The van der Waals surface area contributed by atoms with E-state index < -0.39 is 29.2 Å². The van der Waals surface area contributed by atoms with Gasteiger partial charge in [0.2, 0.25) is 5.88 Å². The maximum absolute atomic E-state index is 13.6. The molecule has 0 unspecified atom stereocenters. The van der Waals surface area contributed by atoms with E-state index >= 15 is 0 Å². The Kier molecular flexibility index (Phi) is 5.39. The van der Waals surface area contributed by atoms with Crippen molar-refractivity contribution in [1.29, 1.82) is 0 Å². The van der Waals surface area contributed by atoms with Gasteiger partial charge in [-0.25, -0.2) is 14.8 Å². The zero-order chi connectivity index (χ0) is 26.9.